The lowest BCUT2D eigenvalue weighted by Gasteiger charge is -2.38. The Morgan fingerprint density at radius 2 is 1.94 bits per heavy atom. The summed E-state index contributed by atoms with van der Waals surface area (Å²) >= 11 is 1.57. The molecule has 2 saturated heterocycles. The van der Waals surface area contributed by atoms with E-state index in [1.807, 2.05) is 11.8 Å². The number of ether oxygens (including phenoxy) is 1. The minimum absolute atomic E-state index is 0.0606. The molecule has 0 radical (unpaired) electrons. The van der Waals surface area contributed by atoms with Crippen LogP contribution in [0, 0.1) is 17.2 Å². The number of carbonyl (C=O) groups excluding carboxylic acids is 2. The minimum Gasteiger partial charge on any atom is -0.378 e. The maximum absolute atomic E-state index is 13.1. The third-order valence-electron chi connectivity index (χ3n) is 6.82. The van der Waals surface area contributed by atoms with E-state index in [-0.39, 0.29) is 23.8 Å². The van der Waals surface area contributed by atoms with Crippen LogP contribution in [0.25, 0.3) is 0 Å². The van der Waals surface area contributed by atoms with Gasteiger partial charge in [-0.05, 0) is 57.6 Å². The average molecular weight is 445 g/mol. The second-order valence-electron chi connectivity index (χ2n) is 8.82. The van der Waals surface area contributed by atoms with E-state index in [1.54, 1.807) is 11.3 Å². The van der Waals surface area contributed by atoms with Gasteiger partial charge in [-0.25, -0.2) is 0 Å². The summed E-state index contributed by atoms with van der Waals surface area (Å²) in [4.78, 5) is 31.3. The minimum atomic E-state index is -0.339. The summed E-state index contributed by atoms with van der Waals surface area (Å²) in [5.41, 5.74) is 1.79. The molecule has 0 saturated carbocycles. The van der Waals surface area contributed by atoms with E-state index in [9.17, 15) is 14.9 Å². The summed E-state index contributed by atoms with van der Waals surface area (Å²) in [5, 5.41) is 13.5. The number of carbonyl (C=O) groups is 2. The molecule has 4 rings (SSSR count). The molecule has 2 unspecified atom stereocenters. The standard InChI is InChI=1S/C23H32N4O3S/c1-16(27-9-5-6-17(15-27)23(29)26-10-12-30-13-11-26)21(28)25-22-19(14-24)18-7-3-2-4-8-20(18)31-22/h16-17H,2-13,15H2,1H3,(H,25,28). The molecule has 0 spiro atoms. The van der Waals surface area contributed by atoms with Crippen LogP contribution < -0.4 is 5.32 Å². The Hall–Kier alpha value is -1.95. The summed E-state index contributed by atoms with van der Waals surface area (Å²) in [7, 11) is 0. The molecule has 3 heterocycles. The molecule has 3 aliphatic rings. The Kier molecular flexibility index (Phi) is 7.26. The molecule has 0 bridgehead atoms. The molecule has 7 nitrogen and oxygen atoms in total. The van der Waals surface area contributed by atoms with Gasteiger partial charge in [0.15, 0.2) is 0 Å². The van der Waals surface area contributed by atoms with Crippen molar-refractivity contribution in [2.24, 2.45) is 5.92 Å². The quantitative estimate of drug-likeness (QED) is 0.722. The van der Waals surface area contributed by atoms with E-state index < -0.39 is 0 Å². The Morgan fingerprint density at radius 1 is 1.16 bits per heavy atom. The molecule has 0 aromatic carbocycles. The first-order valence-corrected chi connectivity index (χ1v) is 12.4. The van der Waals surface area contributed by atoms with Crippen LogP contribution in [-0.2, 0) is 27.2 Å². The number of anilines is 1. The maximum atomic E-state index is 13.1. The van der Waals surface area contributed by atoms with Crippen LogP contribution in [0.2, 0.25) is 0 Å². The van der Waals surface area contributed by atoms with Crippen LogP contribution in [0.15, 0.2) is 0 Å². The second kappa shape index (κ2) is 10.1. The number of likely N-dealkylation sites (tertiary alicyclic amines) is 1. The molecule has 2 amide bonds. The van der Waals surface area contributed by atoms with Crippen LogP contribution in [-0.4, -0.2) is 67.0 Å². The Morgan fingerprint density at radius 3 is 2.71 bits per heavy atom. The van der Waals surface area contributed by atoms with Gasteiger partial charge in [-0.15, -0.1) is 11.3 Å². The fourth-order valence-electron chi connectivity index (χ4n) is 4.93. The highest BCUT2D eigenvalue weighted by molar-refractivity contribution is 7.16. The third kappa shape index (κ3) is 4.94. The number of piperidine rings is 1. The van der Waals surface area contributed by atoms with Crippen molar-refractivity contribution in [3.05, 3.63) is 16.0 Å². The smallest absolute Gasteiger partial charge is 0.242 e. The van der Waals surface area contributed by atoms with Gasteiger partial charge in [0.1, 0.15) is 11.1 Å². The number of morpholine rings is 1. The summed E-state index contributed by atoms with van der Waals surface area (Å²) in [6.45, 7) is 5.85. The first-order chi connectivity index (χ1) is 15.1. The van der Waals surface area contributed by atoms with Crippen LogP contribution in [0.1, 0.15) is 55.0 Å². The van der Waals surface area contributed by atoms with E-state index in [0.717, 1.165) is 50.6 Å². The van der Waals surface area contributed by atoms with Gasteiger partial charge >= 0.3 is 0 Å². The predicted octanol–water partition coefficient (Wildman–Crippen LogP) is 2.79. The van der Waals surface area contributed by atoms with E-state index in [4.69, 9.17) is 4.74 Å². The van der Waals surface area contributed by atoms with Gasteiger partial charge in [0, 0.05) is 24.5 Å². The molecule has 31 heavy (non-hydrogen) atoms. The van der Waals surface area contributed by atoms with E-state index in [1.165, 1.54) is 11.3 Å². The van der Waals surface area contributed by atoms with Crippen LogP contribution in [0.5, 0.6) is 0 Å². The highest BCUT2D eigenvalue weighted by atomic mass is 32.1. The van der Waals surface area contributed by atoms with Crippen molar-refractivity contribution >= 4 is 28.2 Å². The van der Waals surface area contributed by atoms with Gasteiger partial charge in [0.05, 0.1) is 30.7 Å². The Labute approximate surface area is 188 Å². The number of amides is 2. The molecule has 2 fully saturated rings. The topological polar surface area (TPSA) is 85.7 Å². The molecule has 8 heteroatoms. The van der Waals surface area contributed by atoms with Gasteiger partial charge in [0.2, 0.25) is 11.8 Å². The van der Waals surface area contributed by atoms with Crippen molar-refractivity contribution in [2.75, 3.05) is 44.7 Å². The van der Waals surface area contributed by atoms with E-state index >= 15 is 0 Å². The number of fused-ring (bicyclic) bond motifs is 1. The number of hydrogen-bond donors (Lipinski definition) is 1. The zero-order valence-corrected chi connectivity index (χ0v) is 19.1. The SMILES string of the molecule is CC(C(=O)Nc1sc2c(c1C#N)CCCCC2)N1CCCC(C(=O)N2CCOCC2)C1. The van der Waals surface area contributed by atoms with Crippen LogP contribution in [0.4, 0.5) is 5.00 Å². The molecule has 1 aromatic rings. The van der Waals surface area contributed by atoms with Gasteiger partial charge in [0.25, 0.3) is 0 Å². The lowest BCUT2D eigenvalue weighted by atomic mass is 9.95. The summed E-state index contributed by atoms with van der Waals surface area (Å²) in [5.74, 6) is 0.0383. The van der Waals surface area contributed by atoms with Crippen LogP contribution >= 0.6 is 11.3 Å². The van der Waals surface area contributed by atoms with Crippen molar-refractivity contribution in [1.29, 1.82) is 5.26 Å². The van der Waals surface area contributed by atoms with E-state index in [2.05, 4.69) is 16.3 Å². The number of thiophene rings is 1. The fourth-order valence-corrected chi connectivity index (χ4v) is 6.18. The summed E-state index contributed by atoms with van der Waals surface area (Å²) in [6, 6.07) is 2.00. The van der Waals surface area contributed by atoms with Crippen molar-refractivity contribution in [3.8, 4) is 6.07 Å². The van der Waals surface area contributed by atoms with Gasteiger partial charge in [-0.2, -0.15) is 5.26 Å². The molecule has 1 aliphatic carbocycles. The molecule has 2 aliphatic heterocycles. The number of hydrogen-bond acceptors (Lipinski definition) is 6. The largest absolute Gasteiger partial charge is 0.378 e. The number of nitrogens with one attached hydrogen (secondary N) is 1. The number of aryl methyl sites for hydroxylation is 1. The molecule has 168 valence electrons. The highest BCUT2D eigenvalue weighted by Gasteiger charge is 2.34. The molecular formula is C23H32N4O3S. The molecule has 1 aromatic heterocycles. The number of nitrogens with zero attached hydrogens (tertiary/aromatic N) is 3. The predicted molar refractivity (Wildman–Crippen MR) is 120 cm³/mol. The lowest BCUT2D eigenvalue weighted by Crippen LogP contribution is -2.52. The zero-order chi connectivity index (χ0) is 21.8. The second-order valence-corrected chi connectivity index (χ2v) is 9.92. The molecular weight excluding hydrogens is 412 g/mol. The lowest BCUT2D eigenvalue weighted by molar-refractivity contribution is -0.142. The third-order valence-corrected chi connectivity index (χ3v) is 8.03. The van der Waals surface area contributed by atoms with Crippen molar-refractivity contribution in [2.45, 2.75) is 57.9 Å². The summed E-state index contributed by atoms with van der Waals surface area (Å²) in [6.07, 6.45) is 7.16. The van der Waals surface area contributed by atoms with Crippen LogP contribution in [0.3, 0.4) is 0 Å². The van der Waals surface area contributed by atoms with Gasteiger partial charge in [-0.1, -0.05) is 6.42 Å². The first kappa shape index (κ1) is 22.3. The van der Waals surface area contributed by atoms with E-state index in [0.29, 0.717) is 43.4 Å². The monoisotopic (exact) mass is 444 g/mol. The van der Waals surface area contributed by atoms with Gasteiger partial charge in [-0.3, -0.25) is 14.5 Å². The molecule has 2 atom stereocenters. The number of rotatable bonds is 4. The number of nitriles is 1. The summed E-state index contributed by atoms with van der Waals surface area (Å²) < 4.78 is 5.36. The van der Waals surface area contributed by atoms with Crippen molar-refractivity contribution in [1.82, 2.24) is 9.80 Å². The normalized spacial score (nSPS) is 23.4. The Balaban J connectivity index is 1.40. The molecule has 1 N–H and O–H groups in total. The maximum Gasteiger partial charge on any atom is 0.242 e. The average Bonchev–Trinajstić information content (AvgIpc) is 2.97. The van der Waals surface area contributed by atoms with Crippen molar-refractivity contribution < 1.29 is 14.3 Å². The van der Waals surface area contributed by atoms with Gasteiger partial charge < -0.3 is 15.0 Å². The zero-order valence-electron chi connectivity index (χ0n) is 18.3. The fraction of sp³-hybridized carbons (Fsp3) is 0.696. The highest BCUT2D eigenvalue weighted by Crippen LogP contribution is 2.37. The Bertz CT molecular complexity index is 856. The van der Waals surface area contributed by atoms with Crippen molar-refractivity contribution in [3.63, 3.8) is 0 Å². The first-order valence-electron chi connectivity index (χ1n) is 11.5.